The summed E-state index contributed by atoms with van der Waals surface area (Å²) in [5, 5.41) is 3.23. The highest BCUT2D eigenvalue weighted by atomic mass is 16.5. The second-order valence-corrected chi connectivity index (χ2v) is 4.28. The van der Waals surface area contributed by atoms with Crippen molar-refractivity contribution in [2.24, 2.45) is 0 Å². The van der Waals surface area contributed by atoms with Crippen molar-refractivity contribution in [3.63, 3.8) is 0 Å². The molecule has 2 heterocycles. The van der Waals surface area contributed by atoms with E-state index in [1.807, 2.05) is 13.8 Å². The molecule has 0 spiro atoms. The third-order valence-electron chi connectivity index (χ3n) is 2.74. The minimum atomic E-state index is -0.299. The first kappa shape index (κ1) is 10.2. The lowest BCUT2D eigenvalue weighted by Gasteiger charge is -2.34. The van der Waals surface area contributed by atoms with Gasteiger partial charge in [0.2, 0.25) is 0 Å². The Kier molecular flexibility index (Phi) is 2.26. The Balaban J connectivity index is 2.31. The number of aromatic amines is 1. The maximum Gasteiger partial charge on any atom is 0.323 e. The van der Waals surface area contributed by atoms with E-state index >= 15 is 0 Å². The van der Waals surface area contributed by atoms with Crippen LogP contribution < -0.4 is 5.32 Å². The number of rotatable bonds is 1. The largest absolute Gasteiger partial charge is 0.468 e. The van der Waals surface area contributed by atoms with Gasteiger partial charge in [-0.1, -0.05) is 0 Å². The minimum Gasteiger partial charge on any atom is -0.468 e. The maximum absolute atomic E-state index is 11.5. The molecule has 5 heteroatoms. The van der Waals surface area contributed by atoms with E-state index in [-0.39, 0.29) is 17.6 Å². The molecule has 0 saturated carbocycles. The Labute approximate surface area is 88.2 Å². The number of imidazole rings is 1. The van der Waals surface area contributed by atoms with E-state index in [1.165, 1.54) is 7.11 Å². The average molecular weight is 209 g/mol. The number of nitrogens with one attached hydrogen (secondary N) is 2. The van der Waals surface area contributed by atoms with Crippen LogP contribution in [0, 0.1) is 0 Å². The van der Waals surface area contributed by atoms with Crippen LogP contribution in [0.2, 0.25) is 0 Å². The lowest BCUT2D eigenvalue weighted by molar-refractivity contribution is -0.144. The van der Waals surface area contributed by atoms with Crippen molar-refractivity contribution in [1.29, 1.82) is 0 Å². The molecule has 0 fully saturated rings. The molecule has 1 aliphatic heterocycles. The maximum atomic E-state index is 11.5. The first-order chi connectivity index (χ1) is 7.04. The van der Waals surface area contributed by atoms with Crippen molar-refractivity contribution in [2.75, 3.05) is 7.11 Å². The van der Waals surface area contributed by atoms with Crippen molar-refractivity contribution in [2.45, 2.75) is 31.8 Å². The van der Waals surface area contributed by atoms with Gasteiger partial charge in [-0.25, -0.2) is 4.98 Å². The molecule has 0 amide bonds. The Morgan fingerprint density at radius 2 is 2.40 bits per heavy atom. The molecule has 1 aromatic rings. The zero-order valence-electron chi connectivity index (χ0n) is 9.13. The Morgan fingerprint density at radius 1 is 1.67 bits per heavy atom. The van der Waals surface area contributed by atoms with Crippen LogP contribution in [-0.4, -0.2) is 29.1 Å². The third-order valence-corrected chi connectivity index (χ3v) is 2.74. The lowest BCUT2D eigenvalue weighted by Crippen LogP contribution is -2.53. The van der Waals surface area contributed by atoms with Gasteiger partial charge < -0.3 is 9.72 Å². The zero-order chi connectivity index (χ0) is 11.1. The lowest BCUT2D eigenvalue weighted by atomic mass is 9.90. The molecule has 0 radical (unpaired) electrons. The predicted octanol–water partition coefficient (Wildman–Crippen LogP) is 0.332. The van der Waals surface area contributed by atoms with Crippen LogP contribution in [-0.2, 0) is 21.5 Å². The summed E-state index contributed by atoms with van der Waals surface area (Å²) < 4.78 is 4.74. The number of nitrogens with zero attached hydrogens (tertiary/aromatic N) is 1. The van der Waals surface area contributed by atoms with E-state index in [0.29, 0.717) is 6.42 Å². The number of hydrogen-bond acceptors (Lipinski definition) is 4. The number of carbonyl (C=O) groups excluding carboxylic acids is 1. The predicted molar refractivity (Wildman–Crippen MR) is 54.3 cm³/mol. The van der Waals surface area contributed by atoms with Crippen LogP contribution in [0.3, 0.4) is 0 Å². The zero-order valence-corrected chi connectivity index (χ0v) is 9.13. The SMILES string of the molecule is COC(=O)C1Cc2[nH]cnc2C(C)(C)N1. The summed E-state index contributed by atoms with van der Waals surface area (Å²) in [6.07, 6.45) is 2.26. The number of hydrogen-bond donors (Lipinski definition) is 2. The Hall–Kier alpha value is -1.36. The highest BCUT2D eigenvalue weighted by Gasteiger charge is 2.37. The molecule has 0 saturated heterocycles. The van der Waals surface area contributed by atoms with Crippen LogP contribution in [0.25, 0.3) is 0 Å². The number of carbonyl (C=O) groups is 1. The summed E-state index contributed by atoms with van der Waals surface area (Å²) in [5.74, 6) is -0.233. The molecule has 2 rings (SSSR count). The van der Waals surface area contributed by atoms with Crippen LogP contribution in [0.5, 0.6) is 0 Å². The molecule has 0 aromatic carbocycles. The normalized spacial score (nSPS) is 23.3. The van der Waals surface area contributed by atoms with Crippen LogP contribution >= 0.6 is 0 Å². The second kappa shape index (κ2) is 3.34. The number of esters is 1. The van der Waals surface area contributed by atoms with E-state index in [4.69, 9.17) is 4.74 Å². The van der Waals surface area contributed by atoms with Gasteiger partial charge in [0.25, 0.3) is 0 Å². The summed E-state index contributed by atoms with van der Waals surface area (Å²) >= 11 is 0. The summed E-state index contributed by atoms with van der Waals surface area (Å²) in [6.45, 7) is 4.00. The minimum absolute atomic E-state index is 0.233. The van der Waals surface area contributed by atoms with Gasteiger partial charge in [0, 0.05) is 12.1 Å². The molecule has 2 N–H and O–H groups in total. The number of methoxy groups -OCH3 is 1. The first-order valence-electron chi connectivity index (χ1n) is 4.93. The van der Waals surface area contributed by atoms with Gasteiger partial charge in [0.1, 0.15) is 6.04 Å². The molecular weight excluding hydrogens is 194 g/mol. The van der Waals surface area contributed by atoms with Crippen molar-refractivity contribution in [3.8, 4) is 0 Å². The fraction of sp³-hybridized carbons (Fsp3) is 0.600. The molecule has 82 valence electrons. The van der Waals surface area contributed by atoms with Crippen molar-refractivity contribution < 1.29 is 9.53 Å². The molecule has 0 bridgehead atoms. The van der Waals surface area contributed by atoms with Gasteiger partial charge in [-0.15, -0.1) is 0 Å². The van der Waals surface area contributed by atoms with Gasteiger partial charge in [-0.3, -0.25) is 10.1 Å². The number of aromatic nitrogens is 2. The molecule has 1 atom stereocenters. The van der Waals surface area contributed by atoms with E-state index in [1.54, 1.807) is 6.33 Å². The summed E-state index contributed by atoms with van der Waals surface area (Å²) in [4.78, 5) is 18.8. The summed E-state index contributed by atoms with van der Waals surface area (Å²) in [5.41, 5.74) is 1.68. The van der Waals surface area contributed by atoms with Gasteiger partial charge >= 0.3 is 5.97 Å². The van der Waals surface area contributed by atoms with E-state index in [0.717, 1.165) is 11.4 Å². The number of ether oxygens (including phenoxy) is 1. The summed E-state index contributed by atoms with van der Waals surface area (Å²) in [6, 6.07) is -0.294. The van der Waals surface area contributed by atoms with Crippen molar-refractivity contribution in [3.05, 3.63) is 17.7 Å². The van der Waals surface area contributed by atoms with E-state index < -0.39 is 0 Å². The second-order valence-electron chi connectivity index (χ2n) is 4.28. The van der Waals surface area contributed by atoms with Crippen LogP contribution in [0.15, 0.2) is 6.33 Å². The molecule has 0 aliphatic carbocycles. The third kappa shape index (κ3) is 1.63. The monoisotopic (exact) mass is 209 g/mol. The van der Waals surface area contributed by atoms with Crippen molar-refractivity contribution >= 4 is 5.97 Å². The molecule has 5 nitrogen and oxygen atoms in total. The topological polar surface area (TPSA) is 67.0 Å². The average Bonchev–Trinajstić information content (AvgIpc) is 2.64. The molecule has 1 aromatic heterocycles. The van der Waals surface area contributed by atoms with E-state index in [2.05, 4.69) is 15.3 Å². The molecule has 15 heavy (non-hydrogen) atoms. The number of fused-ring (bicyclic) bond motifs is 1. The van der Waals surface area contributed by atoms with Crippen molar-refractivity contribution in [1.82, 2.24) is 15.3 Å². The highest BCUT2D eigenvalue weighted by Crippen LogP contribution is 2.27. The van der Waals surface area contributed by atoms with Crippen LogP contribution in [0.1, 0.15) is 25.2 Å². The quantitative estimate of drug-likeness (QED) is 0.654. The number of H-pyrrole nitrogens is 1. The standard InChI is InChI=1S/C10H15N3O2/c1-10(2)8-6(11-5-12-8)4-7(13-10)9(14)15-3/h5,7,13H,4H2,1-3H3,(H,11,12). The fourth-order valence-electron chi connectivity index (χ4n) is 2.06. The van der Waals surface area contributed by atoms with Gasteiger partial charge in [-0.2, -0.15) is 0 Å². The summed E-state index contributed by atoms with van der Waals surface area (Å²) in [7, 11) is 1.40. The van der Waals surface area contributed by atoms with Gasteiger partial charge in [-0.05, 0) is 13.8 Å². The molecule has 1 aliphatic rings. The smallest absolute Gasteiger partial charge is 0.323 e. The molecular formula is C10H15N3O2. The van der Waals surface area contributed by atoms with E-state index in [9.17, 15) is 4.79 Å². The Bertz CT molecular complexity index is 384. The van der Waals surface area contributed by atoms with Gasteiger partial charge in [0.15, 0.2) is 0 Å². The highest BCUT2D eigenvalue weighted by molar-refractivity contribution is 5.76. The van der Waals surface area contributed by atoms with Crippen LogP contribution in [0.4, 0.5) is 0 Å². The Morgan fingerprint density at radius 3 is 3.07 bits per heavy atom. The first-order valence-corrected chi connectivity index (χ1v) is 4.93. The van der Waals surface area contributed by atoms with Gasteiger partial charge in [0.05, 0.1) is 24.7 Å². The fourth-order valence-corrected chi connectivity index (χ4v) is 2.06. The molecule has 1 unspecified atom stereocenters.